The summed E-state index contributed by atoms with van der Waals surface area (Å²) >= 11 is 0. The molecule has 0 unspecified atom stereocenters. The van der Waals surface area contributed by atoms with Crippen LogP contribution in [0.2, 0.25) is 0 Å². The fourth-order valence-electron chi connectivity index (χ4n) is 1.18. The molecular weight excluding hydrogens is 150 g/mol. The average molecular weight is 163 g/mol. The van der Waals surface area contributed by atoms with Gasteiger partial charge in [-0.3, -0.25) is 0 Å². The molecule has 0 spiro atoms. The number of sulfone groups is 1. The van der Waals surface area contributed by atoms with Crippen molar-refractivity contribution in [1.82, 2.24) is 4.90 Å². The van der Waals surface area contributed by atoms with Crippen molar-refractivity contribution in [2.75, 3.05) is 25.6 Å². The summed E-state index contributed by atoms with van der Waals surface area (Å²) in [6, 6.07) is 0.255. The molecule has 4 heteroatoms. The summed E-state index contributed by atoms with van der Waals surface area (Å²) in [7, 11) is 1.16. The molecule has 10 heavy (non-hydrogen) atoms. The highest BCUT2D eigenvalue weighted by Crippen LogP contribution is 2.14. The van der Waals surface area contributed by atoms with Crippen molar-refractivity contribution in [2.45, 2.75) is 12.5 Å². The summed E-state index contributed by atoms with van der Waals surface area (Å²) in [4.78, 5) is 1.98. The Kier molecular flexibility index (Phi) is 2.01. The number of hydrogen-bond acceptors (Lipinski definition) is 3. The Morgan fingerprint density at radius 3 is 2.20 bits per heavy atom. The molecule has 0 saturated carbocycles. The van der Waals surface area contributed by atoms with Crippen LogP contribution in [-0.2, 0) is 9.84 Å². The first-order chi connectivity index (χ1) is 4.51. The number of nitrogens with zero attached hydrogens (tertiary/aromatic N) is 1. The molecule has 0 aliphatic carbocycles. The number of rotatable bonds is 1. The van der Waals surface area contributed by atoms with Crippen molar-refractivity contribution in [3.8, 4) is 0 Å². The SMILES string of the molecule is CN(C)[C@H]1CCS(=O)(=O)C1. The topological polar surface area (TPSA) is 37.4 Å². The third-order valence-corrected chi connectivity index (χ3v) is 3.69. The normalized spacial score (nSPS) is 31.3. The van der Waals surface area contributed by atoms with Crippen LogP contribution in [0.4, 0.5) is 0 Å². The first-order valence-electron chi connectivity index (χ1n) is 3.38. The minimum Gasteiger partial charge on any atom is -0.305 e. The third kappa shape index (κ3) is 1.70. The first-order valence-corrected chi connectivity index (χ1v) is 5.20. The Morgan fingerprint density at radius 2 is 2.00 bits per heavy atom. The van der Waals surface area contributed by atoms with Gasteiger partial charge in [0.05, 0.1) is 11.5 Å². The Hall–Kier alpha value is -0.0900. The van der Waals surface area contributed by atoms with E-state index in [-0.39, 0.29) is 6.04 Å². The predicted octanol–water partition coefficient (Wildman–Crippen LogP) is -0.265. The van der Waals surface area contributed by atoms with Crippen molar-refractivity contribution in [3.63, 3.8) is 0 Å². The molecule has 1 fully saturated rings. The van der Waals surface area contributed by atoms with Gasteiger partial charge in [-0.1, -0.05) is 0 Å². The summed E-state index contributed by atoms with van der Waals surface area (Å²) in [5, 5.41) is 0. The average Bonchev–Trinajstić information content (AvgIpc) is 2.10. The largest absolute Gasteiger partial charge is 0.305 e. The van der Waals surface area contributed by atoms with E-state index < -0.39 is 9.84 Å². The van der Waals surface area contributed by atoms with Crippen LogP contribution in [0.25, 0.3) is 0 Å². The lowest BCUT2D eigenvalue weighted by Crippen LogP contribution is -2.28. The fraction of sp³-hybridized carbons (Fsp3) is 1.00. The second-order valence-electron chi connectivity index (χ2n) is 3.02. The summed E-state index contributed by atoms with van der Waals surface area (Å²) in [5.74, 6) is 0.718. The van der Waals surface area contributed by atoms with E-state index in [1.165, 1.54) is 0 Å². The molecule has 1 saturated heterocycles. The van der Waals surface area contributed by atoms with E-state index in [0.29, 0.717) is 11.5 Å². The Bertz CT molecular complexity index is 208. The van der Waals surface area contributed by atoms with Gasteiger partial charge in [-0.25, -0.2) is 8.42 Å². The number of hydrogen-bond donors (Lipinski definition) is 0. The van der Waals surface area contributed by atoms with Crippen molar-refractivity contribution >= 4 is 9.84 Å². The molecule has 1 rings (SSSR count). The van der Waals surface area contributed by atoms with Crippen molar-refractivity contribution in [3.05, 3.63) is 0 Å². The van der Waals surface area contributed by atoms with Crippen molar-refractivity contribution in [1.29, 1.82) is 0 Å². The van der Waals surface area contributed by atoms with E-state index in [9.17, 15) is 8.42 Å². The molecule has 1 aliphatic rings. The fourth-order valence-corrected chi connectivity index (χ4v) is 3.03. The van der Waals surface area contributed by atoms with Gasteiger partial charge in [0, 0.05) is 6.04 Å². The highest BCUT2D eigenvalue weighted by Gasteiger charge is 2.28. The summed E-state index contributed by atoms with van der Waals surface area (Å²) in [6.07, 6.45) is 0.801. The zero-order valence-electron chi connectivity index (χ0n) is 6.37. The van der Waals surface area contributed by atoms with Crippen LogP contribution in [0.1, 0.15) is 6.42 Å². The zero-order chi connectivity index (χ0) is 7.78. The lowest BCUT2D eigenvalue weighted by Gasteiger charge is -2.15. The van der Waals surface area contributed by atoms with E-state index in [1.54, 1.807) is 0 Å². The molecule has 3 nitrogen and oxygen atoms in total. The monoisotopic (exact) mass is 163 g/mol. The quantitative estimate of drug-likeness (QED) is 0.534. The van der Waals surface area contributed by atoms with E-state index in [4.69, 9.17) is 0 Å². The molecule has 1 atom stereocenters. The van der Waals surface area contributed by atoms with E-state index in [0.717, 1.165) is 6.42 Å². The highest BCUT2D eigenvalue weighted by atomic mass is 32.2. The Balaban J connectivity index is 2.60. The molecule has 0 bridgehead atoms. The van der Waals surface area contributed by atoms with E-state index >= 15 is 0 Å². The van der Waals surface area contributed by atoms with E-state index in [2.05, 4.69) is 0 Å². The Labute approximate surface area is 61.9 Å². The second kappa shape index (κ2) is 2.51. The maximum Gasteiger partial charge on any atom is 0.151 e. The molecule has 0 N–H and O–H groups in total. The van der Waals surface area contributed by atoms with Crippen LogP contribution < -0.4 is 0 Å². The summed E-state index contributed by atoms with van der Waals surface area (Å²) < 4.78 is 21.8. The second-order valence-corrected chi connectivity index (χ2v) is 5.25. The molecule has 0 aromatic heterocycles. The smallest absolute Gasteiger partial charge is 0.151 e. The van der Waals surface area contributed by atoms with Crippen LogP contribution in [-0.4, -0.2) is 45.0 Å². The minimum absolute atomic E-state index is 0.255. The molecule has 0 aromatic carbocycles. The maximum atomic E-state index is 10.9. The van der Waals surface area contributed by atoms with Gasteiger partial charge < -0.3 is 4.90 Å². The Morgan fingerprint density at radius 1 is 1.40 bits per heavy atom. The third-order valence-electron chi connectivity index (χ3n) is 1.94. The van der Waals surface area contributed by atoms with Crippen LogP contribution >= 0.6 is 0 Å². The standard InChI is InChI=1S/C6H13NO2S/c1-7(2)6-3-4-10(8,9)5-6/h6H,3-5H2,1-2H3/t6-/m0/s1. The van der Waals surface area contributed by atoms with Gasteiger partial charge in [0.2, 0.25) is 0 Å². The van der Waals surface area contributed by atoms with Crippen molar-refractivity contribution in [2.24, 2.45) is 0 Å². The van der Waals surface area contributed by atoms with Crippen LogP contribution in [0.5, 0.6) is 0 Å². The maximum absolute atomic E-state index is 10.9. The molecule has 60 valence electrons. The highest BCUT2D eigenvalue weighted by molar-refractivity contribution is 7.91. The lowest BCUT2D eigenvalue weighted by molar-refractivity contribution is 0.319. The van der Waals surface area contributed by atoms with Gasteiger partial charge in [-0.15, -0.1) is 0 Å². The van der Waals surface area contributed by atoms with Gasteiger partial charge in [0.25, 0.3) is 0 Å². The van der Waals surface area contributed by atoms with E-state index in [1.807, 2.05) is 19.0 Å². The van der Waals surface area contributed by atoms with Crippen LogP contribution in [0.15, 0.2) is 0 Å². The van der Waals surface area contributed by atoms with Gasteiger partial charge >= 0.3 is 0 Å². The van der Waals surface area contributed by atoms with Gasteiger partial charge in [0.1, 0.15) is 0 Å². The first kappa shape index (κ1) is 8.01. The van der Waals surface area contributed by atoms with Gasteiger partial charge in [-0.2, -0.15) is 0 Å². The predicted molar refractivity (Wildman–Crippen MR) is 40.7 cm³/mol. The molecular formula is C6H13NO2S. The summed E-state index contributed by atoms with van der Waals surface area (Å²) in [6.45, 7) is 0. The zero-order valence-corrected chi connectivity index (χ0v) is 7.19. The molecule has 1 aliphatic heterocycles. The van der Waals surface area contributed by atoms with Crippen LogP contribution in [0.3, 0.4) is 0 Å². The molecule has 0 amide bonds. The van der Waals surface area contributed by atoms with Gasteiger partial charge in [-0.05, 0) is 20.5 Å². The lowest BCUT2D eigenvalue weighted by atomic mass is 10.2. The molecule has 1 heterocycles. The van der Waals surface area contributed by atoms with Crippen molar-refractivity contribution < 1.29 is 8.42 Å². The minimum atomic E-state index is -2.68. The van der Waals surface area contributed by atoms with Crippen LogP contribution in [0, 0.1) is 0 Å². The van der Waals surface area contributed by atoms with Gasteiger partial charge in [0.15, 0.2) is 9.84 Å². The molecule has 0 aromatic rings. The molecule has 0 radical (unpaired) electrons. The summed E-state index contributed by atoms with van der Waals surface area (Å²) in [5.41, 5.74) is 0.